The van der Waals surface area contributed by atoms with Crippen molar-refractivity contribution < 1.29 is 9.34 Å². The molecular formula is C20H28IN5O3. The minimum atomic E-state index is -0.365. The normalized spacial score (nSPS) is 16.0. The highest BCUT2D eigenvalue weighted by atomic mass is 127. The van der Waals surface area contributed by atoms with Crippen molar-refractivity contribution in [2.45, 2.75) is 31.8 Å². The number of nitro groups is 1. The number of nitro benzene ring substituents is 1. The Morgan fingerprint density at radius 1 is 1.21 bits per heavy atom. The zero-order valence-electron chi connectivity index (χ0n) is 16.5. The molecule has 0 spiro atoms. The smallest absolute Gasteiger partial charge is 0.274 e. The summed E-state index contributed by atoms with van der Waals surface area (Å²) in [4.78, 5) is 17.5. The Balaban J connectivity index is 0.00000300. The van der Waals surface area contributed by atoms with Crippen molar-refractivity contribution in [3.8, 4) is 0 Å². The van der Waals surface area contributed by atoms with Crippen molar-refractivity contribution in [3.05, 3.63) is 64.1 Å². The van der Waals surface area contributed by atoms with Crippen LogP contribution in [0.3, 0.4) is 0 Å². The van der Waals surface area contributed by atoms with E-state index in [9.17, 15) is 10.1 Å². The maximum absolute atomic E-state index is 11.2. The molecule has 3 rings (SSSR count). The highest BCUT2D eigenvalue weighted by Gasteiger charge is 2.24. The van der Waals surface area contributed by atoms with Crippen molar-refractivity contribution in [2.24, 2.45) is 4.99 Å². The van der Waals surface area contributed by atoms with E-state index < -0.39 is 0 Å². The van der Waals surface area contributed by atoms with Gasteiger partial charge in [0.15, 0.2) is 5.96 Å². The fourth-order valence-corrected chi connectivity index (χ4v) is 3.55. The van der Waals surface area contributed by atoms with Crippen LogP contribution in [0.15, 0.2) is 52.1 Å². The number of nitrogens with zero attached hydrogens (tertiary/aromatic N) is 3. The number of rotatable bonds is 7. The van der Waals surface area contributed by atoms with Crippen molar-refractivity contribution in [1.29, 1.82) is 0 Å². The second-order valence-electron chi connectivity index (χ2n) is 6.82. The highest BCUT2D eigenvalue weighted by molar-refractivity contribution is 14.0. The fourth-order valence-electron chi connectivity index (χ4n) is 3.55. The molecule has 2 N–H and O–H groups in total. The first kappa shape index (κ1) is 23.1. The lowest BCUT2D eigenvalue weighted by molar-refractivity contribution is -0.385. The Morgan fingerprint density at radius 3 is 2.62 bits per heavy atom. The number of hydrogen-bond acceptors (Lipinski definition) is 5. The summed E-state index contributed by atoms with van der Waals surface area (Å²) in [7, 11) is 1.69. The molecule has 1 unspecified atom stereocenters. The maximum atomic E-state index is 11.2. The number of para-hydroxylation sites is 1. The Bertz CT molecular complexity index is 791. The monoisotopic (exact) mass is 513 g/mol. The first-order valence-corrected chi connectivity index (χ1v) is 9.63. The molecule has 0 radical (unpaired) electrons. The van der Waals surface area contributed by atoms with Crippen LogP contribution >= 0.6 is 24.0 Å². The van der Waals surface area contributed by atoms with Crippen molar-refractivity contribution in [1.82, 2.24) is 15.5 Å². The minimum Gasteiger partial charge on any atom is -0.468 e. The SMILES string of the molecule is CN=C(NCc1ccccc1[N+](=O)[O-])NCC(c1ccco1)N1CCCCC1.I. The van der Waals surface area contributed by atoms with Gasteiger partial charge in [0.1, 0.15) is 5.76 Å². The van der Waals surface area contributed by atoms with Crippen LogP contribution in [0.4, 0.5) is 5.69 Å². The molecule has 0 bridgehead atoms. The molecule has 1 aliphatic heterocycles. The van der Waals surface area contributed by atoms with Gasteiger partial charge >= 0.3 is 0 Å². The summed E-state index contributed by atoms with van der Waals surface area (Å²) in [5, 5.41) is 17.7. The average molecular weight is 513 g/mol. The molecule has 0 aliphatic carbocycles. The Morgan fingerprint density at radius 2 is 1.97 bits per heavy atom. The summed E-state index contributed by atoms with van der Waals surface area (Å²) < 4.78 is 5.67. The van der Waals surface area contributed by atoms with Gasteiger partial charge in [-0.15, -0.1) is 24.0 Å². The van der Waals surface area contributed by atoms with E-state index in [4.69, 9.17) is 4.42 Å². The Hall–Kier alpha value is -2.14. The summed E-state index contributed by atoms with van der Waals surface area (Å²) in [6.07, 6.45) is 5.37. The number of likely N-dealkylation sites (tertiary alicyclic amines) is 1. The quantitative estimate of drug-likeness (QED) is 0.193. The average Bonchev–Trinajstić information content (AvgIpc) is 3.26. The van der Waals surface area contributed by atoms with E-state index in [0.29, 0.717) is 24.6 Å². The molecule has 1 aromatic heterocycles. The molecule has 8 nitrogen and oxygen atoms in total. The van der Waals surface area contributed by atoms with Gasteiger partial charge in [-0.3, -0.25) is 20.0 Å². The minimum absolute atomic E-state index is 0. The van der Waals surface area contributed by atoms with Crippen LogP contribution in [0.5, 0.6) is 0 Å². The van der Waals surface area contributed by atoms with Gasteiger partial charge < -0.3 is 15.1 Å². The first-order chi connectivity index (χ1) is 13.7. The molecule has 1 saturated heterocycles. The van der Waals surface area contributed by atoms with Crippen LogP contribution in [-0.4, -0.2) is 42.5 Å². The van der Waals surface area contributed by atoms with Crippen molar-refractivity contribution in [3.63, 3.8) is 0 Å². The van der Waals surface area contributed by atoms with Gasteiger partial charge in [0.25, 0.3) is 5.69 Å². The molecule has 29 heavy (non-hydrogen) atoms. The summed E-state index contributed by atoms with van der Waals surface area (Å²) in [6, 6.07) is 10.8. The van der Waals surface area contributed by atoms with Crippen LogP contribution in [-0.2, 0) is 6.54 Å². The van der Waals surface area contributed by atoms with Gasteiger partial charge in [0.05, 0.1) is 17.2 Å². The largest absolute Gasteiger partial charge is 0.468 e. The fraction of sp³-hybridized carbons (Fsp3) is 0.450. The number of benzene rings is 1. The first-order valence-electron chi connectivity index (χ1n) is 9.63. The molecular weight excluding hydrogens is 485 g/mol. The van der Waals surface area contributed by atoms with Gasteiger partial charge in [0.2, 0.25) is 0 Å². The molecule has 9 heteroatoms. The van der Waals surface area contributed by atoms with Crippen LogP contribution in [0, 0.1) is 10.1 Å². The Kier molecular flexibility index (Phi) is 9.39. The van der Waals surface area contributed by atoms with E-state index in [1.54, 1.807) is 31.5 Å². The predicted octanol–water partition coefficient (Wildman–Crippen LogP) is 3.70. The highest BCUT2D eigenvalue weighted by Crippen LogP contribution is 2.24. The van der Waals surface area contributed by atoms with E-state index in [1.165, 1.54) is 25.3 Å². The van der Waals surface area contributed by atoms with Crippen LogP contribution < -0.4 is 10.6 Å². The lowest BCUT2D eigenvalue weighted by Crippen LogP contribution is -2.44. The third kappa shape index (κ3) is 6.43. The van der Waals surface area contributed by atoms with Gasteiger partial charge in [-0.25, -0.2) is 0 Å². The van der Waals surface area contributed by atoms with Crippen LogP contribution in [0.2, 0.25) is 0 Å². The van der Waals surface area contributed by atoms with E-state index in [-0.39, 0.29) is 40.6 Å². The molecule has 0 amide bonds. The van der Waals surface area contributed by atoms with E-state index in [2.05, 4.69) is 20.5 Å². The van der Waals surface area contributed by atoms with Gasteiger partial charge in [-0.05, 0) is 38.1 Å². The number of furan rings is 1. The van der Waals surface area contributed by atoms with Gasteiger partial charge in [-0.2, -0.15) is 0 Å². The van der Waals surface area contributed by atoms with Crippen molar-refractivity contribution >= 4 is 35.6 Å². The van der Waals surface area contributed by atoms with E-state index >= 15 is 0 Å². The third-order valence-electron chi connectivity index (χ3n) is 5.02. The van der Waals surface area contributed by atoms with E-state index in [0.717, 1.165) is 18.8 Å². The molecule has 1 atom stereocenters. The number of aliphatic imine (C=N–C) groups is 1. The number of piperidine rings is 1. The maximum Gasteiger partial charge on any atom is 0.274 e. The number of nitrogens with one attached hydrogen (secondary N) is 2. The summed E-state index contributed by atoms with van der Waals surface area (Å²) in [6.45, 7) is 3.07. The molecule has 2 aromatic rings. The number of guanidine groups is 1. The summed E-state index contributed by atoms with van der Waals surface area (Å²) in [5.74, 6) is 1.54. The second-order valence-corrected chi connectivity index (χ2v) is 6.82. The van der Waals surface area contributed by atoms with Gasteiger partial charge in [0, 0.05) is 31.8 Å². The number of hydrogen-bond donors (Lipinski definition) is 2. The van der Waals surface area contributed by atoms with Crippen molar-refractivity contribution in [2.75, 3.05) is 26.7 Å². The zero-order chi connectivity index (χ0) is 19.8. The molecule has 1 fully saturated rings. The van der Waals surface area contributed by atoms with Crippen LogP contribution in [0.25, 0.3) is 0 Å². The standard InChI is InChI=1S/C20H27N5O3.HI/c1-21-20(22-14-16-8-3-4-9-17(16)25(26)27)23-15-18(19-10-7-13-28-19)24-11-5-2-6-12-24;/h3-4,7-10,13,18H,2,5-6,11-12,14-15H2,1H3,(H2,21,22,23);1H. The zero-order valence-corrected chi connectivity index (χ0v) is 18.9. The molecule has 1 aliphatic rings. The lowest BCUT2D eigenvalue weighted by Gasteiger charge is -2.33. The second kappa shape index (κ2) is 11.8. The lowest BCUT2D eigenvalue weighted by atomic mass is 10.1. The summed E-state index contributed by atoms with van der Waals surface area (Å²) >= 11 is 0. The number of halogens is 1. The molecule has 0 saturated carbocycles. The summed E-state index contributed by atoms with van der Waals surface area (Å²) in [5.41, 5.74) is 0.723. The van der Waals surface area contributed by atoms with Crippen LogP contribution in [0.1, 0.15) is 36.6 Å². The predicted molar refractivity (Wildman–Crippen MR) is 124 cm³/mol. The molecule has 158 valence electrons. The van der Waals surface area contributed by atoms with E-state index in [1.807, 2.05) is 12.1 Å². The Labute approximate surface area is 187 Å². The third-order valence-corrected chi connectivity index (χ3v) is 5.02. The molecule has 2 heterocycles. The topological polar surface area (TPSA) is 95.9 Å². The molecule has 1 aromatic carbocycles. The van der Waals surface area contributed by atoms with Gasteiger partial charge in [-0.1, -0.05) is 24.6 Å².